The lowest BCUT2D eigenvalue weighted by atomic mass is 9.63. The Balaban J connectivity index is 1.80. The molecule has 3 nitrogen and oxygen atoms in total. The third-order valence-electron chi connectivity index (χ3n) is 3.76. The third kappa shape index (κ3) is 1.72. The number of carbonyl (C=O) groups excluding carboxylic acids is 1. The van der Waals surface area contributed by atoms with Crippen molar-refractivity contribution in [2.24, 2.45) is 5.41 Å². The quantitative estimate of drug-likeness (QED) is 0.646. The molecule has 1 saturated heterocycles. The van der Waals surface area contributed by atoms with Crippen LogP contribution in [0.3, 0.4) is 0 Å². The number of carbonyl (C=O) groups is 1. The van der Waals surface area contributed by atoms with Crippen LogP contribution in [0.1, 0.15) is 39.0 Å². The zero-order valence-electron chi connectivity index (χ0n) is 8.92. The summed E-state index contributed by atoms with van der Waals surface area (Å²) in [5, 5.41) is 0. The fourth-order valence-electron chi connectivity index (χ4n) is 2.56. The molecule has 2 aliphatic rings. The van der Waals surface area contributed by atoms with Crippen LogP contribution in [-0.2, 0) is 4.74 Å². The van der Waals surface area contributed by atoms with Gasteiger partial charge in [0, 0.05) is 13.1 Å². The monoisotopic (exact) mass is 197 g/mol. The van der Waals surface area contributed by atoms with Crippen molar-refractivity contribution in [2.75, 3.05) is 19.7 Å². The number of nitrogens with zero attached hydrogens (tertiary/aromatic N) is 1. The maximum Gasteiger partial charge on any atom is 0.409 e. The first-order valence-corrected chi connectivity index (χ1v) is 5.67. The third-order valence-corrected chi connectivity index (χ3v) is 3.76. The molecule has 1 heterocycles. The lowest BCUT2D eigenvalue weighted by Crippen LogP contribution is -2.46. The highest BCUT2D eigenvalue weighted by Crippen LogP contribution is 2.48. The van der Waals surface area contributed by atoms with Gasteiger partial charge in [0.2, 0.25) is 0 Å². The molecule has 0 aromatic carbocycles. The Morgan fingerprint density at radius 1 is 1.29 bits per heavy atom. The average Bonchev–Trinajstić information content (AvgIpc) is 2.16. The predicted molar refractivity (Wildman–Crippen MR) is 54.1 cm³/mol. The highest BCUT2D eigenvalue weighted by molar-refractivity contribution is 5.67. The summed E-state index contributed by atoms with van der Waals surface area (Å²) in [6.45, 7) is 4.15. The second-order valence-corrected chi connectivity index (χ2v) is 4.54. The van der Waals surface area contributed by atoms with Gasteiger partial charge in [-0.15, -0.1) is 0 Å². The van der Waals surface area contributed by atoms with E-state index in [0.717, 1.165) is 13.1 Å². The molecule has 0 N–H and O–H groups in total. The summed E-state index contributed by atoms with van der Waals surface area (Å²) < 4.78 is 4.99. The molecule has 0 aromatic rings. The van der Waals surface area contributed by atoms with Crippen molar-refractivity contribution < 1.29 is 9.53 Å². The largest absolute Gasteiger partial charge is 0.450 e. The van der Waals surface area contributed by atoms with Crippen LogP contribution in [0.4, 0.5) is 4.79 Å². The second-order valence-electron chi connectivity index (χ2n) is 4.54. The molecule has 1 saturated carbocycles. The standard InChI is InChI=1S/C11H19NO2/c1-2-14-10(13)12-8-6-11(7-9-12)4-3-5-11/h2-9H2,1H3. The normalized spacial score (nSPS) is 24.5. The first-order chi connectivity index (χ1) is 6.76. The Morgan fingerprint density at radius 2 is 1.93 bits per heavy atom. The number of likely N-dealkylation sites (tertiary alicyclic amines) is 1. The van der Waals surface area contributed by atoms with Crippen LogP contribution in [0.25, 0.3) is 0 Å². The molecule has 0 radical (unpaired) electrons. The molecule has 1 spiro atoms. The Morgan fingerprint density at radius 3 is 2.36 bits per heavy atom. The molecular weight excluding hydrogens is 178 g/mol. The van der Waals surface area contributed by atoms with Crippen LogP contribution in [-0.4, -0.2) is 30.7 Å². The summed E-state index contributed by atoms with van der Waals surface area (Å²) >= 11 is 0. The maximum atomic E-state index is 11.4. The van der Waals surface area contributed by atoms with Crippen LogP contribution in [0, 0.1) is 5.41 Å². The summed E-state index contributed by atoms with van der Waals surface area (Å²) in [4.78, 5) is 13.3. The van der Waals surface area contributed by atoms with Crippen molar-refractivity contribution in [3.05, 3.63) is 0 Å². The molecular formula is C11H19NO2. The minimum Gasteiger partial charge on any atom is -0.450 e. The van der Waals surface area contributed by atoms with E-state index in [1.54, 1.807) is 0 Å². The number of ether oxygens (including phenoxy) is 1. The fraction of sp³-hybridized carbons (Fsp3) is 0.909. The molecule has 0 atom stereocenters. The SMILES string of the molecule is CCOC(=O)N1CCC2(CCC2)CC1. The van der Waals surface area contributed by atoms with Crippen LogP contribution in [0.2, 0.25) is 0 Å². The number of hydrogen-bond acceptors (Lipinski definition) is 2. The van der Waals surface area contributed by atoms with E-state index < -0.39 is 0 Å². The Kier molecular flexibility index (Phi) is 2.66. The van der Waals surface area contributed by atoms with Crippen LogP contribution < -0.4 is 0 Å². The molecule has 1 aliphatic heterocycles. The Hall–Kier alpha value is -0.730. The Labute approximate surface area is 85.4 Å². The summed E-state index contributed by atoms with van der Waals surface area (Å²) in [7, 11) is 0. The van der Waals surface area contributed by atoms with Crippen molar-refractivity contribution in [1.29, 1.82) is 0 Å². The van der Waals surface area contributed by atoms with E-state index in [1.165, 1.54) is 32.1 Å². The van der Waals surface area contributed by atoms with Crippen LogP contribution in [0.5, 0.6) is 0 Å². The summed E-state index contributed by atoms with van der Waals surface area (Å²) in [5.74, 6) is 0. The van der Waals surface area contributed by atoms with E-state index in [9.17, 15) is 4.79 Å². The topological polar surface area (TPSA) is 29.5 Å². The number of rotatable bonds is 1. The molecule has 3 heteroatoms. The van der Waals surface area contributed by atoms with Crippen molar-refractivity contribution in [3.63, 3.8) is 0 Å². The van der Waals surface area contributed by atoms with Gasteiger partial charge in [-0.2, -0.15) is 0 Å². The predicted octanol–water partition coefficient (Wildman–Crippen LogP) is 2.41. The summed E-state index contributed by atoms with van der Waals surface area (Å²) in [6.07, 6.45) is 6.39. The Bertz CT molecular complexity index is 213. The van der Waals surface area contributed by atoms with Crippen LogP contribution >= 0.6 is 0 Å². The molecule has 0 unspecified atom stereocenters. The summed E-state index contributed by atoms with van der Waals surface area (Å²) in [6, 6.07) is 0. The first kappa shape index (κ1) is 9.81. The summed E-state index contributed by atoms with van der Waals surface area (Å²) in [5.41, 5.74) is 0.614. The van der Waals surface area contributed by atoms with Gasteiger partial charge in [-0.1, -0.05) is 6.42 Å². The van der Waals surface area contributed by atoms with Gasteiger partial charge in [0.15, 0.2) is 0 Å². The first-order valence-electron chi connectivity index (χ1n) is 5.67. The van der Waals surface area contributed by atoms with Crippen molar-refractivity contribution in [1.82, 2.24) is 4.90 Å². The maximum absolute atomic E-state index is 11.4. The lowest BCUT2D eigenvalue weighted by molar-refractivity contribution is 0.0268. The molecule has 14 heavy (non-hydrogen) atoms. The molecule has 0 bridgehead atoms. The second kappa shape index (κ2) is 3.79. The molecule has 0 aromatic heterocycles. The molecule has 80 valence electrons. The van der Waals surface area contributed by atoms with E-state index in [-0.39, 0.29) is 6.09 Å². The number of hydrogen-bond donors (Lipinski definition) is 0. The van der Waals surface area contributed by atoms with Crippen molar-refractivity contribution in [3.8, 4) is 0 Å². The van der Waals surface area contributed by atoms with Gasteiger partial charge in [-0.05, 0) is 38.0 Å². The van der Waals surface area contributed by atoms with E-state index in [0.29, 0.717) is 12.0 Å². The number of piperidine rings is 1. The van der Waals surface area contributed by atoms with Gasteiger partial charge < -0.3 is 9.64 Å². The lowest BCUT2D eigenvalue weighted by Gasteiger charge is -2.47. The highest BCUT2D eigenvalue weighted by atomic mass is 16.6. The van der Waals surface area contributed by atoms with E-state index in [1.807, 2.05) is 11.8 Å². The van der Waals surface area contributed by atoms with Crippen molar-refractivity contribution >= 4 is 6.09 Å². The van der Waals surface area contributed by atoms with Gasteiger partial charge in [0.1, 0.15) is 0 Å². The smallest absolute Gasteiger partial charge is 0.409 e. The minimum atomic E-state index is -0.123. The zero-order valence-corrected chi connectivity index (χ0v) is 8.92. The number of amides is 1. The van der Waals surface area contributed by atoms with Gasteiger partial charge in [0.25, 0.3) is 0 Å². The fourth-order valence-corrected chi connectivity index (χ4v) is 2.56. The van der Waals surface area contributed by atoms with E-state index in [4.69, 9.17) is 4.74 Å². The minimum absolute atomic E-state index is 0.123. The van der Waals surface area contributed by atoms with Crippen LogP contribution in [0.15, 0.2) is 0 Å². The molecule has 2 rings (SSSR count). The van der Waals surface area contributed by atoms with Gasteiger partial charge >= 0.3 is 6.09 Å². The average molecular weight is 197 g/mol. The van der Waals surface area contributed by atoms with Gasteiger partial charge in [-0.3, -0.25) is 0 Å². The van der Waals surface area contributed by atoms with E-state index in [2.05, 4.69) is 0 Å². The van der Waals surface area contributed by atoms with Crippen molar-refractivity contribution in [2.45, 2.75) is 39.0 Å². The molecule has 1 aliphatic carbocycles. The zero-order chi connectivity index (χ0) is 10.0. The highest BCUT2D eigenvalue weighted by Gasteiger charge is 2.40. The van der Waals surface area contributed by atoms with Gasteiger partial charge in [-0.25, -0.2) is 4.79 Å². The van der Waals surface area contributed by atoms with Gasteiger partial charge in [0.05, 0.1) is 6.61 Å². The molecule has 2 fully saturated rings. The van der Waals surface area contributed by atoms with E-state index >= 15 is 0 Å². The molecule has 1 amide bonds.